The van der Waals surface area contributed by atoms with Gasteiger partial charge in [-0.2, -0.15) is 10.2 Å². The highest BCUT2D eigenvalue weighted by molar-refractivity contribution is 5.81. The minimum atomic E-state index is 0.638. The molecule has 0 radical (unpaired) electrons. The topological polar surface area (TPSA) is 84.6 Å². The van der Waals surface area contributed by atoms with E-state index in [1.54, 1.807) is 0 Å². The van der Waals surface area contributed by atoms with Crippen molar-refractivity contribution in [3.8, 4) is 11.1 Å². The van der Waals surface area contributed by atoms with E-state index in [9.17, 15) is 0 Å². The van der Waals surface area contributed by atoms with Crippen molar-refractivity contribution in [2.75, 3.05) is 25.0 Å². The lowest BCUT2D eigenvalue weighted by atomic mass is 10.1. The van der Waals surface area contributed by atoms with Crippen molar-refractivity contribution in [2.45, 2.75) is 44.6 Å². The lowest BCUT2D eigenvalue weighted by Gasteiger charge is -2.13. The van der Waals surface area contributed by atoms with Crippen LogP contribution in [0, 0.1) is 0 Å². The first-order chi connectivity index (χ1) is 16.3. The van der Waals surface area contributed by atoms with Gasteiger partial charge in [0.05, 0.1) is 23.4 Å². The lowest BCUT2D eigenvalue weighted by molar-refractivity contribution is 0.322. The van der Waals surface area contributed by atoms with Gasteiger partial charge < -0.3 is 10.2 Å². The van der Waals surface area contributed by atoms with Crippen LogP contribution >= 0.6 is 0 Å². The van der Waals surface area contributed by atoms with Gasteiger partial charge in [0.2, 0.25) is 0 Å². The van der Waals surface area contributed by atoms with Crippen LogP contribution in [0.1, 0.15) is 43.6 Å². The van der Waals surface area contributed by atoms with Crippen molar-refractivity contribution in [1.82, 2.24) is 34.8 Å². The molecule has 8 heteroatoms. The second-order valence-electron chi connectivity index (χ2n) is 9.13. The SMILES string of the molecule is c1nc2ccc(Nc3cc(C4CC4)cnn3)nc2cc1-c1cnn(CCCN2CCCC2)c1. The molecule has 1 saturated heterocycles. The van der Waals surface area contributed by atoms with Crippen LogP contribution < -0.4 is 5.32 Å². The maximum absolute atomic E-state index is 4.77. The standard InChI is InChI=1S/C25H28N8/c1-2-9-32(8-1)10-3-11-33-17-21(16-28-33)19-12-23-22(26-14-19)6-7-24(29-23)30-25-13-20(15-27-31-25)18-4-5-18/h6-7,12-18H,1-5,8-11H2,(H,29,30,31). The number of fused-ring (bicyclic) bond motifs is 1. The van der Waals surface area contributed by atoms with Crippen LogP contribution in [0.2, 0.25) is 0 Å². The quantitative estimate of drug-likeness (QED) is 0.435. The average molecular weight is 441 g/mol. The van der Waals surface area contributed by atoms with Crippen molar-refractivity contribution in [3.63, 3.8) is 0 Å². The first kappa shape index (κ1) is 20.2. The number of nitrogens with one attached hydrogen (secondary N) is 1. The molecule has 1 aliphatic carbocycles. The minimum Gasteiger partial charge on any atom is -0.323 e. The Morgan fingerprint density at radius 2 is 1.82 bits per heavy atom. The van der Waals surface area contributed by atoms with E-state index in [1.165, 1.54) is 44.3 Å². The average Bonchev–Trinajstić information content (AvgIpc) is 3.36. The summed E-state index contributed by atoms with van der Waals surface area (Å²) in [6.07, 6.45) is 14.1. The first-order valence-corrected chi connectivity index (χ1v) is 11.9. The second kappa shape index (κ2) is 8.86. The molecular weight excluding hydrogens is 412 g/mol. The number of pyridine rings is 2. The highest BCUT2D eigenvalue weighted by atomic mass is 15.3. The van der Waals surface area contributed by atoms with Crippen LogP contribution in [-0.4, -0.2) is 54.5 Å². The van der Waals surface area contributed by atoms with E-state index in [-0.39, 0.29) is 0 Å². The number of likely N-dealkylation sites (tertiary alicyclic amines) is 1. The Bertz CT molecular complexity index is 1260. The van der Waals surface area contributed by atoms with Gasteiger partial charge in [-0.05, 0) is 87.5 Å². The van der Waals surface area contributed by atoms with Crippen LogP contribution in [-0.2, 0) is 6.54 Å². The van der Waals surface area contributed by atoms with Crippen molar-refractivity contribution >= 4 is 22.7 Å². The van der Waals surface area contributed by atoms with E-state index in [2.05, 4.69) is 48.8 Å². The number of nitrogens with zero attached hydrogens (tertiary/aromatic N) is 7. The molecule has 4 aromatic rings. The van der Waals surface area contributed by atoms with Gasteiger partial charge in [0.15, 0.2) is 5.82 Å². The Labute approximate surface area is 193 Å². The third kappa shape index (κ3) is 4.71. The lowest BCUT2D eigenvalue weighted by Crippen LogP contribution is -2.21. The summed E-state index contributed by atoms with van der Waals surface area (Å²) in [6.45, 7) is 4.58. The summed E-state index contributed by atoms with van der Waals surface area (Å²) in [6, 6.07) is 8.06. The number of hydrogen-bond acceptors (Lipinski definition) is 7. The fourth-order valence-electron chi connectivity index (χ4n) is 4.55. The fourth-order valence-corrected chi connectivity index (χ4v) is 4.55. The molecule has 1 saturated carbocycles. The molecule has 0 atom stereocenters. The van der Waals surface area contributed by atoms with Crippen molar-refractivity contribution in [3.05, 3.63) is 54.6 Å². The van der Waals surface area contributed by atoms with E-state index in [1.807, 2.05) is 35.4 Å². The Balaban J connectivity index is 1.16. The molecule has 4 aromatic heterocycles. The maximum Gasteiger partial charge on any atom is 0.154 e. The summed E-state index contributed by atoms with van der Waals surface area (Å²) < 4.78 is 2.03. The zero-order valence-corrected chi connectivity index (χ0v) is 18.7. The molecule has 0 unspecified atom stereocenters. The zero-order chi connectivity index (χ0) is 22.0. The molecule has 6 rings (SSSR count). The Morgan fingerprint density at radius 1 is 0.909 bits per heavy atom. The highest BCUT2D eigenvalue weighted by Crippen LogP contribution is 2.40. The Morgan fingerprint density at radius 3 is 2.70 bits per heavy atom. The van der Waals surface area contributed by atoms with Gasteiger partial charge in [0, 0.05) is 30.1 Å². The van der Waals surface area contributed by atoms with Gasteiger partial charge in [-0.25, -0.2) is 4.98 Å². The molecule has 0 amide bonds. The summed E-state index contributed by atoms with van der Waals surface area (Å²) in [5.41, 5.74) is 5.03. The molecular formula is C25H28N8. The van der Waals surface area contributed by atoms with Crippen LogP contribution in [0.25, 0.3) is 22.2 Å². The normalized spacial score (nSPS) is 16.5. The van der Waals surface area contributed by atoms with E-state index >= 15 is 0 Å². The van der Waals surface area contributed by atoms with Gasteiger partial charge in [0.1, 0.15) is 5.82 Å². The third-order valence-corrected chi connectivity index (χ3v) is 6.54. The summed E-state index contributed by atoms with van der Waals surface area (Å²) in [4.78, 5) is 11.9. The molecule has 8 nitrogen and oxygen atoms in total. The molecule has 0 aromatic carbocycles. The van der Waals surface area contributed by atoms with Crippen molar-refractivity contribution in [2.24, 2.45) is 0 Å². The Kier molecular flexibility index (Phi) is 5.43. The molecule has 1 aliphatic heterocycles. The first-order valence-electron chi connectivity index (χ1n) is 11.9. The molecule has 2 fully saturated rings. The zero-order valence-electron chi connectivity index (χ0n) is 18.7. The predicted molar refractivity (Wildman–Crippen MR) is 128 cm³/mol. The Hall–Kier alpha value is -3.39. The summed E-state index contributed by atoms with van der Waals surface area (Å²) in [5, 5.41) is 16.2. The largest absolute Gasteiger partial charge is 0.323 e. The van der Waals surface area contributed by atoms with Gasteiger partial charge in [-0.15, -0.1) is 5.10 Å². The van der Waals surface area contributed by atoms with Crippen LogP contribution in [0.4, 0.5) is 11.6 Å². The number of rotatable bonds is 8. The van der Waals surface area contributed by atoms with E-state index in [0.29, 0.717) is 5.92 Å². The van der Waals surface area contributed by atoms with E-state index in [0.717, 1.165) is 53.3 Å². The third-order valence-electron chi connectivity index (χ3n) is 6.54. The molecule has 1 N–H and O–H groups in total. The van der Waals surface area contributed by atoms with Gasteiger partial charge in [-0.1, -0.05) is 0 Å². The minimum absolute atomic E-state index is 0.638. The van der Waals surface area contributed by atoms with Crippen LogP contribution in [0.15, 0.2) is 49.1 Å². The maximum atomic E-state index is 4.77. The summed E-state index contributed by atoms with van der Waals surface area (Å²) >= 11 is 0. The highest BCUT2D eigenvalue weighted by Gasteiger charge is 2.24. The molecule has 5 heterocycles. The van der Waals surface area contributed by atoms with Crippen molar-refractivity contribution in [1.29, 1.82) is 0 Å². The van der Waals surface area contributed by atoms with Gasteiger partial charge in [0.25, 0.3) is 0 Å². The number of anilines is 2. The van der Waals surface area contributed by atoms with Gasteiger partial charge in [-0.3, -0.25) is 9.67 Å². The molecule has 2 aliphatic rings. The van der Waals surface area contributed by atoms with Gasteiger partial charge >= 0.3 is 0 Å². The monoisotopic (exact) mass is 440 g/mol. The number of hydrogen-bond donors (Lipinski definition) is 1. The molecule has 168 valence electrons. The second-order valence-corrected chi connectivity index (χ2v) is 9.13. The number of aryl methyl sites for hydroxylation is 1. The van der Waals surface area contributed by atoms with Crippen LogP contribution in [0.3, 0.4) is 0 Å². The van der Waals surface area contributed by atoms with Crippen molar-refractivity contribution < 1.29 is 0 Å². The smallest absolute Gasteiger partial charge is 0.154 e. The molecule has 0 spiro atoms. The summed E-state index contributed by atoms with van der Waals surface area (Å²) in [7, 11) is 0. The molecule has 0 bridgehead atoms. The predicted octanol–water partition coefficient (Wildman–Crippen LogP) is 4.39. The fraction of sp³-hybridized carbons (Fsp3) is 0.400. The van der Waals surface area contributed by atoms with E-state index < -0.39 is 0 Å². The summed E-state index contributed by atoms with van der Waals surface area (Å²) in [5.74, 6) is 2.10. The number of aromatic nitrogens is 6. The van der Waals surface area contributed by atoms with E-state index in [4.69, 9.17) is 4.98 Å². The molecule has 33 heavy (non-hydrogen) atoms. The van der Waals surface area contributed by atoms with Crippen LogP contribution in [0.5, 0.6) is 0 Å².